The van der Waals surface area contributed by atoms with Crippen molar-refractivity contribution in [2.24, 2.45) is 0 Å². The summed E-state index contributed by atoms with van der Waals surface area (Å²) >= 11 is 0. The van der Waals surface area contributed by atoms with Crippen LogP contribution in [0.4, 0.5) is 4.79 Å². The molecule has 3 amide bonds. The Hall–Kier alpha value is -2.28. The molecule has 7 nitrogen and oxygen atoms in total. The number of benzene rings is 1. The van der Waals surface area contributed by atoms with Gasteiger partial charge < -0.3 is 14.4 Å². The van der Waals surface area contributed by atoms with Crippen molar-refractivity contribution in [2.75, 3.05) is 26.2 Å². The number of carbonyl (C=O) groups excluding carboxylic acids is 2. The Morgan fingerprint density at radius 2 is 1.69 bits per heavy atom. The van der Waals surface area contributed by atoms with Gasteiger partial charge in [-0.25, -0.2) is 4.79 Å². The third-order valence-corrected chi connectivity index (χ3v) is 6.24. The molecule has 0 radical (unpaired) electrons. The van der Waals surface area contributed by atoms with Crippen LogP contribution in [0.25, 0.3) is 0 Å². The van der Waals surface area contributed by atoms with Gasteiger partial charge in [-0.05, 0) is 52.7 Å². The average molecular weight is 402 g/mol. The maximum absolute atomic E-state index is 13.3. The molecule has 29 heavy (non-hydrogen) atoms. The van der Waals surface area contributed by atoms with E-state index in [1.165, 1.54) is 4.90 Å². The summed E-state index contributed by atoms with van der Waals surface area (Å²) in [6.45, 7) is 10.6. The Labute approximate surface area is 172 Å². The second kappa shape index (κ2) is 7.52. The zero-order valence-electron chi connectivity index (χ0n) is 17.8. The van der Waals surface area contributed by atoms with E-state index in [2.05, 4.69) is 4.90 Å². The SMILES string of the molecule is CC(C)N1C(=O)N(C(C)C)C2(CCN(CC3COc4ccccc4O3)CC2)C1=O. The van der Waals surface area contributed by atoms with Crippen molar-refractivity contribution in [3.63, 3.8) is 0 Å². The largest absolute Gasteiger partial charge is 0.486 e. The number of fused-ring (bicyclic) bond motifs is 1. The van der Waals surface area contributed by atoms with Crippen LogP contribution in [-0.4, -0.2) is 76.6 Å². The average Bonchev–Trinajstić information content (AvgIpc) is 2.90. The van der Waals surface area contributed by atoms with Gasteiger partial charge in [-0.3, -0.25) is 14.6 Å². The van der Waals surface area contributed by atoms with Crippen LogP contribution >= 0.6 is 0 Å². The summed E-state index contributed by atoms with van der Waals surface area (Å²) in [6, 6.07) is 7.45. The molecule has 2 saturated heterocycles. The maximum atomic E-state index is 13.3. The number of para-hydroxylation sites is 2. The van der Waals surface area contributed by atoms with E-state index in [-0.39, 0.29) is 30.1 Å². The molecule has 0 aromatic heterocycles. The fourth-order valence-corrected chi connectivity index (χ4v) is 4.89. The third kappa shape index (κ3) is 3.35. The van der Waals surface area contributed by atoms with Crippen LogP contribution in [0.5, 0.6) is 11.5 Å². The Balaban J connectivity index is 1.43. The van der Waals surface area contributed by atoms with E-state index in [0.29, 0.717) is 19.4 Å². The van der Waals surface area contributed by atoms with Crippen LogP contribution < -0.4 is 9.47 Å². The first-order valence-electron chi connectivity index (χ1n) is 10.6. The number of carbonyl (C=O) groups is 2. The van der Waals surface area contributed by atoms with Gasteiger partial charge in [0.1, 0.15) is 18.2 Å². The molecule has 7 heteroatoms. The molecule has 0 bridgehead atoms. The minimum atomic E-state index is -0.706. The monoisotopic (exact) mass is 401 g/mol. The predicted molar refractivity (Wildman–Crippen MR) is 109 cm³/mol. The van der Waals surface area contributed by atoms with Crippen LogP contribution in [-0.2, 0) is 4.79 Å². The van der Waals surface area contributed by atoms with Gasteiger partial charge in [0.25, 0.3) is 5.91 Å². The fraction of sp³-hybridized carbons (Fsp3) is 0.636. The molecule has 158 valence electrons. The lowest BCUT2D eigenvalue weighted by Crippen LogP contribution is -2.59. The number of nitrogens with zero attached hydrogens (tertiary/aromatic N) is 3. The summed E-state index contributed by atoms with van der Waals surface area (Å²) < 4.78 is 11.9. The lowest BCUT2D eigenvalue weighted by atomic mass is 9.84. The van der Waals surface area contributed by atoms with Crippen molar-refractivity contribution in [1.29, 1.82) is 0 Å². The van der Waals surface area contributed by atoms with E-state index in [4.69, 9.17) is 9.47 Å². The Bertz CT molecular complexity index is 786. The molecule has 3 aliphatic heterocycles. The van der Waals surface area contributed by atoms with Crippen molar-refractivity contribution in [3.8, 4) is 11.5 Å². The van der Waals surface area contributed by atoms with Gasteiger partial charge in [-0.1, -0.05) is 12.1 Å². The van der Waals surface area contributed by atoms with Gasteiger partial charge >= 0.3 is 6.03 Å². The maximum Gasteiger partial charge on any atom is 0.328 e. The Morgan fingerprint density at radius 3 is 2.31 bits per heavy atom. The molecule has 1 atom stereocenters. The third-order valence-electron chi connectivity index (χ3n) is 6.24. The first-order chi connectivity index (χ1) is 13.8. The standard InChI is InChI=1S/C22H31N3O4/c1-15(2)24-20(26)22(25(16(3)4)21(24)27)9-11-23(12-10-22)13-17-14-28-18-7-5-6-8-19(18)29-17/h5-8,15-17H,9-14H2,1-4H3. The summed E-state index contributed by atoms with van der Waals surface area (Å²) in [5.74, 6) is 1.54. The molecular formula is C22H31N3O4. The highest BCUT2D eigenvalue weighted by Gasteiger charge is 2.59. The van der Waals surface area contributed by atoms with Crippen molar-refractivity contribution in [3.05, 3.63) is 24.3 Å². The lowest BCUT2D eigenvalue weighted by Gasteiger charge is -2.44. The molecule has 0 saturated carbocycles. The number of rotatable bonds is 4. The molecule has 3 aliphatic rings. The topological polar surface area (TPSA) is 62.3 Å². The molecule has 0 aliphatic carbocycles. The van der Waals surface area contributed by atoms with E-state index in [1.807, 2.05) is 56.9 Å². The highest BCUT2D eigenvalue weighted by molar-refractivity contribution is 6.07. The van der Waals surface area contributed by atoms with Crippen molar-refractivity contribution in [2.45, 2.75) is 64.3 Å². The summed E-state index contributed by atoms with van der Waals surface area (Å²) in [6.07, 6.45) is 1.28. The van der Waals surface area contributed by atoms with Gasteiger partial charge in [0.2, 0.25) is 0 Å². The molecule has 2 fully saturated rings. The minimum Gasteiger partial charge on any atom is -0.486 e. The Morgan fingerprint density at radius 1 is 1.03 bits per heavy atom. The number of ether oxygens (including phenoxy) is 2. The molecule has 1 aromatic rings. The van der Waals surface area contributed by atoms with Crippen molar-refractivity contribution in [1.82, 2.24) is 14.7 Å². The Kier molecular flexibility index (Phi) is 5.19. The summed E-state index contributed by atoms with van der Waals surface area (Å²) in [5, 5.41) is 0. The number of urea groups is 1. The summed E-state index contributed by atoms with van der Waals surface area (Å²) in [5.41, 5.74) is -0.706. The van der Waals surface area contributed by atoms with Gasteiger partial charge in [-0.15, -0.1) is 0 Å². The molecule has 1 unspecified atom stereocenters. The predicted octanol–water partition coefficient (Wildman–Crippen LogP) is 2.74. The summed E-state index contributed by atoms with van der Waals surface area (Å²) in [7, 11) is 0. The quantitative estimate of drug-likeness (QED) is 0.726. The van der Waals surface area contributed by atoms with Gasteiger partial charge in [0.15, 0.2) is 11.5 Å². The molecular weight excluding hydrogens is 370 g/mol. The minimum absolute atomic E-state index is 0.00618. The fourth-order valence-electron chi connectivity index (χ4n) is 4.89. The molecule has 1 aromatic carbocycles. The zero-order valence-corrected chi connectivity index (χ0v) is 17.8. The molecule has 1 spiro atoms. The van der Waals surface area contributed by atoms with Gasteiger partial charge in [0, 0.05) is 31.7 Å². The van der Waals surface area contributed by atoms with Crippen molar-refractivity contribution < 1.29 is 19.1 Å². The van der Waals surface area contributed by atoms with Crippen LogP contribution in [0, 0.1) is 0 Å². The number of likely N-dealkylation sites (tertiary alicyclic amines) is 1. The number of hydrogen-bond acceptors (Lipinski definition) is 5. The van der Waals surface area contributed by atoms with E-state index in [9.17, 15) is 9.59 Å². The van der Waals surface area contributed by atoms with Gasteiger partial charge in [-0.2, -0.15) is 0 Å². The number of hydrogen-bond donors (Lipinski definition) is 0. The van der Waals surface area contributed by atoms with E-state index in [0.717, 1.165) is 31.1 Å². The van der Waals surface area contributed by atoms with Crippen molar-refractivity contribution >= 4 is 11.9 Å². The highest BCUT2D eigenvalue weighted by Crippen LogP contribution is 2.40. The second-order valence-corrected chi connectivity index (χ2v) is 8.85. The van der Waals surface area contributed by atoms with E-state index >= 15 is 0 Å². The highest BCUT2D eigenvalue weighted by atomic mass is 16.6. The first-order valence-corrected chi connectivity index (χ1v) is 10.6. The first kappa shape index (κ1) is 20.0. The van der Waals surface area contributed by atoms with Crippen LogP contribution in [0.15, 0.2) is 24.3 Å². The normalized spacial score (nSPS) is 24.3. The molecule has 3 heterocycles. The van der Waals surface area contributed by atoms with E-state index < -0.39 is 5.54 Å². The van der Waals surface area contributed by atoms with E-state index in [1.54, 1.807) is 0 Å². The van der Waals surface area contributed by atoms with Crippen LogP contribution in [0.1, 0.15) is 40.5 Å². The zero-order chi connectivity index (χ0) is 20.8. The lowest BCUT2D eigenvalue weighted by molar-refractivity contribution is -0.137. The number of piperidine rings is 1. The molecule has 4 rings (SSSR count). The summed E-state index contributed by atoms with van der Waals surface area (Å²) in [4.78, 5) is 31.8. The van der Waals surface area contributed by atoms with Crippen LogP contribution in [0.2, 0.25) is 0 Å². The number of imide groups is 1. The molecule has 0 N–H and O–H groups in total. The van der Waals surface area contributed by atoms with Gasteiger partial charge in [0.05, 0.1) is 0 Å². The second-order valence-electron chi connectivity index (χ2n) is 8.85. The smallest absolute Gasteiger partial charge is 0.328 e. The van der Waals surface area contributed by atoms with Crippen LogP contribution in [0.3, 0.4) is 0 Å². The number of amides is 3.